The molecule has 0 aliphatic heterocycles. The maximum atomic E-state index is 12.8. The van der Waals surface area contributed by atoms with Crippen molar-refractivity contribution in [3.8, 4) is 0 Å². The number of imidazole rings is 1. The van der Waals surface area contributed by atoms with Crippen molar-refractivity contribution in [1.82, 2.24) is 9.97 Å². The van der Waals surface area contributed by atoms with Crippen LogP contribution >= 0.6 is 0 Å². The van der Waals surface area contributed by atoms with E-state index in [2.05, 4.69) is 15.3 Å². The first-order valence-corrected chi connectivity index (χ1v) is 3.95. The van der Waals surface area contributed by atoms with E-state index in [4.69, 9.17) is 0 Å². The predicted molar refractivity (Wildman–Crippen MR) is 48.2 cm³/mol. The van der Waals surface area contributed by atoms with Crippen molar-refractivity contribution in [2.24, 2.45) is 0 Å². The monoisotopic (exact) mass is 195 g/mol. The molecular formula is C9H7F2N3. The molecule has 0 aliphatic carbocycles. The Balaban J connectivity index is 2.25. The van der Waals surface area contributed by atoms with E-state index in [1.54, 1.807) is 0 Å². The highest BCUT2D eigenvalue weighted by Crippen LogP contribution is 2.16. The molecule has 0 amide bonds. The lowest BCUT2D eigenvalue weighted by Gasteiger charge is -2.03. The zero-order chi connectivity index (χ0) is 9.97. The van der Waals surface area contributed by atoms with E-state index < -0.39 is 11.6 Å². The van der Waals surface area contributed by atoms with Gasteiger partial charge >= 0.3 is 0 Å². The molecule has 1 aromatic carbocycles. The van der Waals surface area contributed by atoms with E-state index in [1.165, 1.54) is 24.7 Å². The number of rotatable bonds is 2. The molecule has 2 N–H and O–H groups in total. The minimum absolute atomic E-state index is 0.340. The van der Waals surface area contributed by atoms with Crippen molar-refractivity contribution in [2.75, 3.05) is 5.32 Å². The van der Waals surface area contributed by atoms with E-state index in [0.29, 0.717) is 11.5 Å². The second-order valence-electron chi connectivity index (χ2n) is 2.75. The highest BCUT2D eigenvalue weighted by molar-refractivity contribution is 5.55. The lowest BCUT2D eigenvalue weighted by molar-refractivity contribution is 0.584. The molecule has 0 fully saturated rings. The molecular weight excluding hydrogens is 188 g/mol. The van der Waals surface area contributed by atoms with Gasteiger partial charge in [-0.1, -0.05) is 0 Å². The number of benzene rings is 1. The van der Waals surface area contributed by atoms with Crippen LogP contribution in [0, 0.1) is 11.6 Å². The fourth-order valence-corrected chi connectivity index (χ4v) is 1.11. The number of H-pyrrole nitrogens is 1. The average molecular weight is 195 g/mol. The molecule has 0 saturated carbocycles. The van der Waals surface area contributed by atoms with Crippen LogP contribution in [0.2, 0.25) is 0 Å². The first-order valence-electron chi connectivity index (χ1n) is 3.95. The Morgan fingerprint density at radius 3 is 2.43 bits per heavy atom. The zero-order valence-electron chi connectivity index (χ0n) is 7.09. The molecule has 0 aliphatic rings. The highest BCUT2D eigenvalue weighted by atomic mass is 19.1. The van der Waals surface area contributed by atoms with Gasteiger partial charge in [0.25, 0.3) is 0 Å². The van der Waals surface area contributed by atoms with Crippen molar-refractivity contribution >= 4 is 11.5 Å². The maximum Gasteiger partial charge on any atom is 0.128 e. The number of hydrogen-bond donors (Lipinski definition) is 2. The van der Waals surface area contributed by atoms with Crippen molar-refractivity contribution in [2.45, 2.75) is 0 Å². The third kappa shape index (κ3) is 1.87. The molecule has 72 valence electrons. The topological polar surface area (TPSA) is 40.7 Å². The molecule has 0 atom stereocenters. The summed E-state index contributed by atoms with van der Waals surface area (Å²) < 4.78 is 25.5. The van der Waals surface area contributed by atoms with Gasteiger partial charge in [-0.05, 0) is 12.1 Å². The van der Waals surface area contributed by atoms with E-state index in [9.17, 15) is 8.78 Å². The molecule has 14 heavy (non-hydrogen) atoms. The van der Waals surface area contributed by atoms with Crippen LogP contribution in [0.4, 0.5) is 20.3 Å². The third-order valence-corrected chi connectivity index (χ3v) is 1.64. The molecule has 0 unspecified atom stereocenters. The van der Waals surface area contributed by atoms with Gasteiger partial charge in [0.15, 0.2) is 0 Å². The minimum atomic E-state index is -0.619. The minimum Gasteiger partial charge on any atom is -0.340 e. The molecule has 2 aromatic rings. The second-order valence-corrected chi connectivity index (χ2v) is 2.75. The summed E-state index contributed by atoms with van der Waals surface area (Å²) in [5, 5.41) is 2.77. The van der Waals surface area contributed by atoms with Crippen molar-refractivity contribution in [3.63, 3.8) is 0 Å². The normalized spacial score (nSPS) is 10.1. The summed E-state index contributed by atoms with van der Waals surface area (Å²) in [6.07, 6.45) is 2.99. The van der Waals surface area contributed by atoms with Gasteiger partial charge in [-0.2, -0.15) is 0 Å². The first-order chi connectivity index (χ1) is 6.74. The van der Waals surface area contributed by atoms with E-state index >= 15 is 0 Å². The quantitative estimate of drug-likeness (QED) is 0.772. The highest BCUT2D eigenvalue weighted by Gasteiger charge is 2.00. The van der Waals surface area contributed by atoms with Crippen LogP contribution in [0.3, 0.4) is 0 Å². The Kier molecular flexibility index (Phi) is 2.14. The second kappa shape index (κ2) is 3.45. The maximum absolute atomic E-state index is 12.8. The van der Waals surface area contributed by atoms with Gasteiger partial charge in [-0.25, -0.2) is 13.8 Å². The summed E-state index contributed by atoms with van der Waals surface area (Å²) in [5.74, 6) is -0.658. The molecule has 0 radical (unpaired) electrons. The van der Waals surface area contributed by atoms with Crippen LogP contribution < -0.4 is 5.32 Å². The van der Waals surface area contributed by atoms with Gasteiger partial charge in [0.1, 0.15) is 17.5 Å². The fraction of sp³-hybridized carbons (Fsp3) is 0. The van der Waals surface area contributed by atoms with Crippen LogP contribution in [0.15, 0.2) is 30.7 Å². The SMILES string of the molecule is Fc1cc(F)cc(Nc2cnc[nH]2)c1. The Morgan fingerprint density at radius 2 is 1.86 bits per heavy atom. The van der Waals surface area contributed by atoms with E-state index in [0.717, 1.165) is 6.07 Å². The lowest BCUT2D eigenvalue weighted by Crippen LogP contribution is -1.92. The van der Waals surface area contributed by atoms with Gasteiger partial charge < -0.3 is 10.3 Å². The standard InChI is InChI=1S/C9H7F2N3/c10-6-1-7(11)3-8(2-6)14-9-4-12-5-13-9/h1-5,14H,(H,12,13). The van der Waals surface area contributed by atoms with Crippen molar-refractivity contribution < 1.29 is 8.78 Å². The summed E-state index contributed by atoms with van der Waals surface area (Å²) in [7, 11) is 0. The van der Waals surface area contributed by atoms with Crippen LogP contribution in [-0.4, -0.2) is 9.97 Å². The van der Waals surface area contributed by atoms with E-state index in [1.807, 2.05) is 0 Å². The average Bonchev–Trinajstić information content (AvgIpc) is 2.54. The van der Waals surface area contributed by atoms with E-state index in [-0.39, 0.29) is 0 Å². The van der Waals surface area contributed by atoms with Crippen molar-refractivity contribution in [1.29, 1.82) is 0 Å². The zero-order valence-corrected chi connectivity index (χ0v) is 7.09. The molecule has 0 bridgehead atoms. The molecule has 1 aromatic heterocycles. The number of nitrogens with zero attached hydrogens (tertiary/aromatic N) is 1. The Labute approximate surface area is 78.8 Å². The molecule has 2 rings (SSSR count). The number of halogens is 2. The summed E-state index contributed by atoms with van der Waals surface area (Å²) >= 11 is 0. The summed E-state index contributed by atoms with van der Waals surface area (Å²) in [4.78, 5) is 6.52. The van der Waals surface area contributed by atoms with Gasteiger partial charge in [-0.3, -0.25) is 0 Å². The first kappa shape index (κ1) is 8.68. The van der Waals surface area contributed by atoms with Gasteiger partial charge in [-0.15, -0.1) is 0 Å². The number of hydrogen-bond acceptors (Lipinski definition) is 2. The van der Waals surface area contributed by atoms with Gasteiger partial charge in [0, 0.05) is 11.8 Å². The summed E-state index contributed by atoms with van der Waals surface area (Å²) in [6, 6.07) is 3.21. The molecule has 0 spiro atoms. The number of aromatic amines is 1. The lowest BCUT2D eigenvalue weighted by atomic mass is 10.3. The van der Waals surface area contributed by atoms with Crippen LogP contribution in [0.5, 0.6) is 0 Å². The van der Waals surface area contributed by atoms with Gasteiger partial charge in [0.2, 0.25) is 0 Å². The van der Waals surface area contributed by atoms with Crippen LogP contribution in [0.25, 0.3) is 0 Å². The largest absolute Gasteiger partial charge is 0.340 e. The Bertz CT molecular complexity index is 405. The molecule has 0 saturated heterocycles. The summed E-state index contributed by atoms with van der Waals surface area (Å²) in [6.45, 7) is 0. The third-order valence-electron chi connectivity index (χ3n) is 1.64. The van der Waals surface area contributed by atoms with Gasteiger partial charge in [0.05, 0.1) is 12.5 Å². The number of aromatic nitrogens is 2. The van der Waals surface area contributed by atoms with Crippen LogP contribution in [0.1, 0.15) is 0 Å². The van der Waals surface area contributed by atoms with Crippen LogP contribution in [-0.2, 0) is 0 Å². The number of anilines is 2. The Hall–Kier alpha value is -1.91. The van der Waals surface area contributed by atoms with Crippen molar-refractivity contribution in [3.05, 3.63) is 42.4 Å². The smallest absolute Gasteiger partial charge is 0.128 e. The number of nitrogens with one attached hydrogen (secondary N) is 2. The molecule has 5 heteroatoms. The molecule has 1 heterocycles. The summed E-state index contributed by atoms with van der Waals surface area (Å²) in [5.41, 5.74) is 0.340. The predicted octanol–water partition coefficient (Wildman–Crippen LogP) is 2.43. The Morgan fingerprint density at radius 1 is 1.14 bits per heavy atom. The molecule has 3 nitrogen and oxygen atoms in total. The fourth-order valence-electron chi connectivity index (χ4n) is 1.11.